The Morgan fingerprint density at radius 2 is 0.929 bits per heavy atom. The molecular formula is C20H16F2N4O2. The van der Waals surface area contributed by atoms with Crippen molar-refractivity contribution < 1.29 is 18.4 Å². The van der Waals surface area contributed by atoms with Crippen molar-refractivity contribution in [3.63, 3.8) is 0 Å². The minimum atomic E-state index is -1.16. The first-order chi connectivity index (χ1) is 13.5. The highest BCUT2D eigenvalue weighted by atomic mass is 19.2. The van der Waals surface area contributed by atoms with Gasteiger partial charge in [-0.3, -0.25) is 0 Å². The monoisotopic (exact) mass is 382 g/mol. The number of carbonyl (C=O) groups is 2. The topological polar surface area (TPSA) is 82.3 Å². The fourth-order valence-corrected chi connectivity index (χ4v) is 2.37. The van der Waals surface area contributed by atoms with Crippen LogP contribution in [0.1, 0.15) is 0 Å². The number of anilines is 4. The van der Waals surface area contributed by atoms with Gasteiger partial charge in [0, 0.05) is 23.5 Å². The van der Waals surface area contributed by atoms with Crippen LogP contribution in [-0.2, 0) is 0 Å². The molecule has 3 aromatic rings. The highest BCUT2D eigenvalue weighted by molar-refractivity contribution is 6.06. The number of urea groups is 2. The second kappa shape index (κ2) is 8.63. The highest BCUT2D eigenvalue weighted by Crippen LogP contribution is 2.26. The summed E-state index contributed by atoms with van der Waals surface area (Å²) in [7, 11) is 0. The fraction of sp³-hybridized carbons (Fsp3) is 0. The van der Waals surface area contributed by atoms with Crippen LogP contribution in [0, 0.1) is 11.6 Å². The molecule has 0 aliphatic carbocycles. The number of amides is 4. The van der Waals surface area contributed by atoms with Gasteiger partial charge >= 0.3 is 12.1 Å². The molecule has 0 aliphatic rings. The van der Waals surface area contributed by atoms with E-state index in [1.807, 2.05) is 0 Å². The van der Waals surface area contributed by atoms with Gasteiger partial charge in [0.1, 0.15) is 0 Å². The summed E-state index contributed by atoms with van der Waals surface area (Å²) in [6.07, 6.45) is 0. The molecule has 0 saturated carbocycles. The molecule has 142 valence electrons. The number of hydrogen-bond donors (Lipinski definition) is 4. The van der Waals surface area contributed by atoms with Crippen LogP contribution in [0.15, 0.2) is 72.8 Å². The van der Waals surface area contributed by atoms with Crippen LogP contribution in [-0.4, -0.2) is 12.1 Å². The number of para-hydroxylation sites is 2. The molecule has 3 rings (SSSR count). The predicted octanol–water partition coefficient (Wildman–Crippen LogP) is 5.25. The van der Waals surface area contributed by atoms with E-state index < -0.39 is 23.7 Å². The molecule has 0 atom stereocenters. The van der Waals surface area contributed by atoms with Crippen molar-refractivity contribution in [3.8, 4) is 0 Å². The lowest BCUT2D eigenvalue weighted by molar-refractivity contribution is 0.261. The third kappa shape index (κ3) is 5.04. The number of carbonyl (C=O) groups excluding carboxylic acids is 2. The molecular weight excluding hydrogens is 366 g/mol. The van der Waals surface area contributed by atoms with E-state index >= 15 is 0 Å². The molecule has 3 aromatic carbocycles. The van der Waals surface area contributed by atoms with Crippen LogP contribution in [0.5, 0.6) is 0 Å². The van der Waals surface area contributed by atoms with Crippen molar-refractivity contribution in [1.29, 1.82) is 0 Å². The molecule has 0 unspecified atom stereocenters. The first kappa shape index (κ1) is 18.8. The minimum Gasteiger partial charge on any atom is -0.308 e. The van der Waals surface area contributed by atoms with Gasteiger partial charge < -0.3 is 21.3 Å². The standard InChI is InChI=1S/C20H16F2N4O2/c21-15-11-17(25-19(27)23-13-7-3-1-4-8-13)18(12-16(15)22)26-20(28)24-14-9-5-2-6-10-14/h1-12H,(H2,23,25,27)(H2,24,26,28). The molecule has 8 heteroatoms. The minimum absolute atomic E-state index is 0.101. The maximum absolute atomic E-state index is 13.6. The van der Waals surface area contributed by atoms with Gasteiger partial charge in [-0.25, -0.2) is 18.4 Å². The van der Waals surface area contributed by atoms with Gasteiger partial charge in [0.05, 0.1) is 11.4 Å². The summed E-state index contributed by atoms with van der Waals surface area (Å²) in [5, 5.41) is 9.89. The molecule has 4 amide bonds. The summed E-state index contributed by atoms with van der Waals surface area (Å²) in [6.45, 7) is 0. The van der Waals surface area contributed by atoms with Crippen molar-refractivity contribution in [2.45, 2.75) is 0 Å². The Morgan fingerprint density at radius 3 is 1.29 bits per heavy atom. The summed E-state index contributed by atoms with van der Waals surface area (Å²) < 4.78 is 27.3. The Bertz CT molecular complexity index is 902. The van der Waals surface area contributed by atoms with Crippen molar-refractivity contribution in [1.82, 2.24) is 0 Å². The summed E-state index contributed by atoms with van der Waals surface area (Å²) in [4.78, 5) is 24.3. The van der Waals surface area contributed by atoms with Crippen LogP contribution in [0.25, 0.3) is 0 Å². The van der Waals surface area contributed by atoms with E-state index in [0.717, 1.165) is 12.1 Å². The summed E-state index contributed by atoms with van der Waals surface area (Å²) in [5.41, 5.74) is 0.823. The van der Waals surface area contributed by atoms with E-state index in [4.69, 9.17) is 0 Å². The van der Waals surface area contributed by atoms with Crippen LogP contribution in [0.3, 0.4) is 0 Å². The van der Waals surface area contributed by atoms with E-state index in [-0.39, 0.29) is 11.4 Å². The van der Waals surface area contributed by atoms with Crippen LogP contribution >= 0.6 is 0 Å². The SMILES string of the molecule is O=C(Nc1ccccc1)Nc1cc(F)c(F)cc1NC(=O)Nc1ccccc1. The second-order valence-electron chi connectivity index (χ2n) is 5.70. The first-order valence-electron chi connectivity index (χ1n) is 8.26. The number of benzene rings is 3. The molecule has 0 radical (unpaired) electrons. The average Bonchev–Trinajstić information content (AvgIpc) is 2.67. The van der Waals surface area contributed by atoms with Gasteiger partial charge in [-0.05, 0) is 24.3 Å². The maximum Gasteiger partial charge on any atom is 0.323 e. The molecule has 6 nitrogen and oxygen atoms in total. The molecule has 0 spiro atoms. The molecule has 0 fully saturated rings. The molecule has 0 saturated heterocycles. The van der Waals surface area contributed by atoms with E-state index in [2.05, 4.69) is 21.3 Å². The first-order valence-corrected chi connectivity index (χ1v) is 8.26. The molecule has 0 bridgehead atoms. The number of rotatable bonds is 4. The van der Waals surface area contributed by atoms with Crippen LogP contribution < -0.4 is 21.3 Å². The maximum atomic E-state index is 13.6. The van der Waals surface area contributed by atoms with Crippen molar-refractivity contribution >= 4 is 34.8 Å². The Balaban J connectivity index is 1.74. The summed E-state index contributed by atoms with van der Waals surface area (Å²) in [6, 6.07) is 17.4. The number of nitrogens with one attached hydrogen (secondary N) is 4. The van der Waals surface area contributed by atoms with Gasteiger partial charge in [0.25, 0.3) is 0 Å². The van der Waals surface area contributed by atoms with Gasteiger partial charge in [0.2, 0.25) is 0 Å². The normalized spacial score (nSPS) is 10.1. The third-order valence-electron chi connectivity index (χ3n) is 3.62. The van der Waals surface area contributed by atoms with E-state index in [1.165, 1.54) is 0 Å². The van der Waals surface area contributed by atoms with Gasteiger partial charge in [-0.15, -0.1) is 0 Å². The fourth-order valence-electron chi connectivity index (χ4n) is 2.37. The zero-order valence-corrected chi connectivity index (χ0v) is 14.5. The predicted molar refractivity (Wildman–Crippen MR) is 105 cm³/mol. The Labute approximate surface area is 159 Å². The third-order valence-corrected chi connectivity index (χ3v) is 3.62. The lowest BCUT2D eigenvalue weighted by Crippen LogP contribution is -2.23. The van der Waals surface area contributed by atoms with E-state index in [9.17, 15) is 18.4 Å². The zero-order valence-electron chi connectivity index (χ0n) is 14.5. The molecule has 0 aromatic heterocycles. The van der Waals surface area contributed by atoms with E-state index in [0.29, 0.717) is 11.4 Å². The molecule has 28 heavy (non-hydrogen) atoms. The highest BCUT2D eigenvalue weighted by Gasteiger charge is 2.15. The lowest BCUT2D eigenvalue weighted by Gasteiger charge is -2.14. The zero-order chi connectivity index (χ0) is 19.9. The van der Waals surface area contributed by atoms with Crippen molar-refractivity contribution in [2.24, 2.45) is 0 Å². The van der Waals surface area contributed by atoms with Gasteiger partial charge in [-0.2, -0.15) is 0 Å². The van der Waals surface area contributed by atoms with Gasteiger partial charge in [0.15, 0.2) is 11.6 Å². The average molecular weight is 382 g/mol. The Morgan fingerprint density at radius 1 is 0.571 bits per heavy atom. The molecule has 0 heterocycles. The van der Waals surface area contributed by atoms with Crippen LogP contribution in [0.4, 0.5) is 41.1 Å². The number of halogens is 2. The molecule has 4 N–H and O–H groups in total. The van der Waals surface area contributed by atoms with Crippen molar-refractivity contribution in [2.75, 3.05) is 21.3 Å². The summed E-state index contributed by atoms with van der Waals surface area (Å²) in [5.74, 6) is -2.33. The van der Waals surface area contributed by atoms with Crippen molar-refractivity contribution in [3.05, 3.63) is 84.4 Å². The summed E-state index contributed by atoms with van der Waals surface area (Å²) >= 11 is 0. The second-order valence-corrected chi connectivity index (χ2v) is 5.70. The Hall–Kier alpha value is -3.94. The Kier molecular flexibility index (Phi) is 5.81. The number of hydrogen-bond acceptors (Lipinski definition) is 2. The quantitative estimate of drug-likeness (QED) is 0.497. The van der Waals surface area contributed by atoms with E-state index in [1.54, 1.807) is 60.7 Å². The van der Waals surface area contributed by atoms with Crippen LogP contribution in [0.2, 0.25) is 0 Å². The molecule has 0 aliphatic heterocycles. The lowest BCUT2D eigenvalue weighted by atomic mass is 10.2. The smallest absolute Gasteiger partial charge is 0.308 e. The van der Waals surface area contributed by atoms with Gasteiger partial charge in [-0.1, -0.05) is 36.4 Å². The largest absolute Gasteiger partial charge is 0.323 e.